The number of nitrogens with two attached hydrogens (primary N) is 1. The summed E-state index contributed by atoms with van der Waals surface area (Å²) in [5, 5.41) is 0. The first-order valence-electron chi connectivity index (χ1n) is 6.10. The standard InChI is InChI=1S/C14H22N2/c1-14(2,10-15)16(3)13-8-7-11-5-4-6-12(11)9-13/h7-9H,4-6,10,15H2,1-3H3. The van der Waals surface area contributed by atoms with Gasteiger partial charge in [0.05, 0.1) is 0 Å². The van der Waals surface area contributed by atoms with Crippen molar-refractivity contribution in [3.63, 3.8) is 0 Å². The van der Waals surface area contributed by atoms with Gasteiger partial charge >= 0.3 is 0 Å². The number of benzene rings is 1. The van der Waals surface area contributed by atoms with Gasteiger partial charge in [-0.25, -0.2) is 0 Å². The maximum Gasteiger partial charge on any atom is 0.0464 e. The third kappa shape index (κ3) is 1.94. The van der Waals surface area contributed by atoms with Crippen molar-refractivity contribution >= 4 is 5.69 Å². The lowest BCUT2D eigenvalue weighted by molar-refractivity contribution is 0.498. The van der Waals surface area contributed by atoms with E-state index in [1.165, 1.54) is 36.1 Å². The van der Waals surface area contributed by atoms with E-state index in [1.807, 2.05) is 0 Å². The molecule has 0 amide bonds. The zero-order valence-electron chi connectivity index (χ0n) is 10.6. The number of rotatable bonds is 3. The van der Waals surface area contributed by atoms with Crippen molar-refractivity contribution in [3.05, 3.63) is 29.3 Å². The number of hydrogen-bond donors (Lipinski definition) is 1. The lowest BCUT2D eigenvalue weighted by Crippen LogP contribution is -2.47. The summed E-state index contributed by atoms with van der Waals surface area (Å²) in [5.74, 6) is 0. The molecule has 0 atom stereocenters. The van der Waals surface area contributed by atoms with Crippen LogP contribution in [0.25, 0.3) is 0 Å². The van der Waals surface area contributed by atoms with Crippen molar-refractivity contribution in [3.8, 4) is 0 Å². The number of nitrogens with zero attached hydrogens (tertiary/aromatic N) is 1. The lowest BCUT2D eigenvalue weighted by Gasteiger charge is -2.36. The fourth-order valence-corrected chi connectivity index (χ4v) is 2.25. The second-order valence-corrected chi connectivity index (χ2v) is 5.38. The Kier molecular flexibility index (Phi) is 2.94. The second kappa shape index (κ2) is 4.10. The van der Waals surface area contributed by atoms with E-state index in [1.54, 1.807) is 0 Å². The van der Waals surface area contributed by atoms with E-state index >= 15 is 0 Å². The summed E-state index contributed by atoms with van der Waals surface area (Å²) in [6.45, 7) is 5.03. The summed E-state index contributed by atoms with van der Waals surface area (Å²) in [6, 6.07) is 6.84. The monoisotopic (exact) mass is 218 g/mol. The summed E-state index contributed by atoms with van der Waals surface area (Å²) in [4.78, 5) is 2.28. The fourth-order valence-electron chi connectivity index (χ4n) is 2.25. The van der Waals surface area contributed by atoms with E-state index < -0.39 is 0 Å². The van der Waals surface area contributed by atoms with Gasteiger partial charge in [-0.1, -0.05) is 6.07 Å². The molecule has 2 heteroatoms. The van der Waals surface area contributed by atoms with E-state index in [4.69, 9.17) is 5.73 Å². The smallest absolute Gasteiger partial charge is 0.0464 e. The van der Waals surface area contributed by atoms with E-state index in [9.17, 15) is 0 Å². The highest BCUT2D eigenvalue weighted by atomic mass is 15.2. The molecular weight excluding hydrogens is 196 g/mol. The summed E-state index contributed by atoms with van der Waals surface area (Å²) in [7, 11) is 2.13. The molecular formula is C14H22N2. The molecule has 0 saturated heterocycles. The topological polar surface area (TPSA) is 29.3 Å². The van der Waals surface area contributed by atoms with E-state index in [2.05, 4.69) is 44.0 Å². The highest BCUT2D eigenvalue weighted by molar-refractivity contribution is 5.53. The van der Waals surface area contributed by atoms with Crippen LogP contribution in [-0.2, 0) is 12.8 Å². The van der Waals surface area contributed by atoms with Gasteiger partial charge < -0.3 is 10.6 Å². The third-order valence-corrected chi connectivity index (χ3v) is 3.88. The molecule has 16 heavy (non-hydrogen) atoms. The molecule has 0 unspecified atom stereocenters. The van der Waals surface area contributed by atoms with Gasteiger partial charge in [0.15, 0.2) is 0 Å². The van der Waals surface area contributed by atoms with Crippen LogP contribution in [-0.4, -0.2) is 19.1 Å². The van der Waals surface area contributed by atoms with E-state index in [-0.39, 0.29) is 5.54 Å². The van der Waals surface area contributed by atoms with Gasteiger partial charge in [-0.05, 0) is 56.4 Å². The largest absolute Gasteiger partial charge is 0.368 e. The Morgan fingerprint density at radius 2 is 1.94 bits per heavy atom. The van der Waals surface area contributed by atoms with Crippen LogP contribution in [0.2, 0.25) is 0 Å². The molecule has 2 nitrogen and oxygen atoms in total. The Balaban J connectivity index is 2.28. The minimum atomic E-state index is 0.0207. The van der Waals surface area contributed by atoms with E-state index in [0.29, 0.717) is 6.54 Å². The van der Waals surface area contributed by atoms with Gasteiger partial charge in [0.25, 0.3) is 0 Å². The van der Waals surface area contributed by atoms with Crippen LogP contribution in [0.15, 0.2) is 18.2 Å². The SMILES string of the molecule is CN(c1ccc2c(c1)CCC2)C(C)(C)CN. The quantitative estimate of drug-likeness (QED) is 0.844. The molecule has 0 spiro atoms. The van der Waals surface area contributed by atoms with Crippen molar-refractivity contribution in [1.29, 1.82) is 0 Å². The molecule has 0 aliphatic heterocycles. The Morgan fingerprint density at radius 1 is 1.25 bits per heavy atom. The van der Waals surface area contributed by atoms with Crippen molar-refractivity contribution in [2.24, 2.45) is 5.73 Å². The van der Waals surface area contributed by atoms with Crippen LogP contribution >= 0.6 is 0 Å². The molecule has 0 fully saturated rings. The molecule has 1 aliphatic rings. The molecule has 2 rings (SSSR count). The molecule has 1 aromatic rings. The Bertz CT molecular complexity index is 382. The molecule has 0 radical (unpaired) electrons. The van der Waals surface area contributed by atoms with Gasteiger partial charge in [0.2, 0.25) is 0 Å². The zero-order valence-corrected chi connectivity index (χ0v) is 10.6. The lowest BCUT2D eigenvalue weighted by atomic mass is 10.0. The number of anilines is 1. The maximum atomic E-state index is 5.82. The van der Waals surface area contributed by atoms with Gasteiger partial charge in [-0.2, -0.15) is 0 Å². The molecule has 0 heterocycles. The van der Waals surface area contributed by atoms with Crippen molar-refractivity contribution in [2.75, 3.05) is 18.5 Å². The molecule has 2 N–H and O–H groups in total. The van der Waals surface area contributed by atoms with Crippen LogP contribution in [0.5, 0.6) is 0 Å². The van der Waals surface area contributed by atoms with Gasteiger partial charge in [-0.3, -0.25) is 0 Å². The van der Waals surface area contributed by atoms with Crippen LogP contribution < -0.4 is 10.6 Å². The number of aryl methyl sites for hydroxylation is 2. The molecule has 1 aliphatic carbocycles. The summed E-state index contributed by atoms with van der Waals surface area (Å²) < 4.78 is 0. The van der Waals surface area contributed by atoms with Crippen LogP contribution in [0.4, 0.5) is 5.69 Å². The predicted molar refractivity (Wildman–Crippen MR) is 70.0 cm³/mol. The minimum Gasteiger partial charge on any atom is -0.368 e. The zero-order chi connectivity index (χ0) is 11.8. The summed E-state index contributed by atoms with van der Waals surface area (Å²) in [6.07, 6.45) is 3.79. The molecule has 0 bridgehead atoms. The van der Waals surface area contributed by atoms with Crippen molar-refractivity contribution in [2.45, 2.75) is 38.6 Å². The number of fused-ring (bicyclic) bond motifs is 1. The van der Waals surface area contributed by atoms with Crippen LogP contribution in [0.1, 0.15) is 31.4 Å². The minimum absolute atomic E-state index is 0.0207. The van der Waals surface area contributed by atoms with Gasteiger partial charge in [0, 0.05) is 24.8 Å². The highest BCUT2D eigenvalue weighted by Gasteiger charge is 2.22. The average molecular weight is 218 g/mol. The van der Waals surface area contributed by atoms with Crippen molar-refractivity contribution < 1.29 is 0 Å². The van der Waals surface area contributed by atoms with Gasteiger partial charge in [-0.15, -0.1) is 0 Å². The summed E-state index contributed by atoms with van der Waals surface area (Å²) >= 11 is 0. The Labute approximate surface area is 98.4 Å². The Morgan fingerprint density at radius 3 is 2.62 bits per heavy atom. The number of likely N-dealkylation sites (N-methyl/N-ethyl adjacent to an activating group) is 1. The molecule has 88 valence electrons. The normalized spacial score (nSPS) is 15.0. The fraction of sp³-hybridized carbons (Fsp3) is 0.571. The predicted octanol–water partition coefficient (Wildman–Crippen LogP) is 2.35. The first kappa shape index (κ1) is 11.5. The molecule has 1 aromatic carbocycles. The molecule has 0 aromatic heterocycles. The second-order valence-electron chi connectivity index (χ2n) is 5.38. The van der Waals surface area contributed by atoms with Crippen molar-refractivity contribution in [1.82, 2.24) is 0 Å². The van der Waals surface area contributed by atoms with E-state index in [0.717, 1.165) is 0 Å². The third-order valence-electron chi connectivity index (χ3n) is 3.88. The highest BCUT2D eigenvalue weighted by Crippen LogP contribution is 2.28. The van der Waals surface area contributed by atoms with Crippen LogP contribution in [0.3, 0.4) is 0 Å². The first-order valence-corrected chi connectivity index (χ1v) is 6.10. The first-order chi connectivity index (χ1) is 7.54. The Hall–Kier alpha value is -1.02. The maximum absolute atomic E-state index is 5.82. The van der Waals surface area contributed by atoms with Crippen LogP contribution in [0, 0.1) is 0 Å². The number of hydrogen-bond acceptors (Lipinski definition) is 2. The molecule has 0 saturated carbocycles. The average Bonchev–Trinajstić information content (AvgIpc) is 2.74. The van der Waals surface area contributed by atoms with Gasteiger partial charge in [0.1, 0.15) is 0 Å². The summed E-state index contributed by atoms with van der Waals surface area (Å²) in [5.41, 5.74) is 10.2.